The fraction of sp³-hybridized carbons (Fsp3) is 0.524. The lowest BCUT2D eigenvalue weighted by atomic mass is 9.78. The molecular weight excluding hydrogens is 328 g/mol. The zero-order valence-electron chi connectivity index (χ0n) is 15.4. The van der Waals surface area contributed by atoms with Crippen LogP contribution in [0.2, 0.25) is 0 Å². The summed E-state index contributed by atoms with van der Waals surface area (Å²) < 4.78 is 11.9. The molecule has 1 aliphatic carbocycles. The number of fused-ring (bicyclic) bond motifs is 2. The van der Waals surface area contributed by atoms with Crippen LogP contribution in [0.1, 0.15) is 39.5 Å². The average Bonchev–Trinajstić information content (AvgIpc) is 2.96. The van der Waals surface area contributed by atoms with E-state index < -0.39 is 0 Å². The van der Waals surface area contributed by atoms with Crippen molar-refractivity contribution in [3.63, 3.8) is 0 Å². The molecule has 1 aromatic heterocycles. The Morgan fingerprint density at radius 2 is 2.08 bits per heavy atom. The van der Waals surface area contributed by atoms with Gasteiger partial charge in [-0.25, -0.2) is 4.98 Å². The molecular formula is C21H26N2O3. The lowest BCUT2D eigenvalue weighted by Crippen LogP contribution is -2.35. The Balaban J connectivity index is 1.52. The molecule has 1 N–H and O–H groups in total. The highest BCUT2D eigenvalue weighted by atomic mass is 16.5. The van der Waals surface area contributed by atoms with Crippen LogP contribution in [0.25, 0.3) is 10.8 Å². The van der Waals surface area contributed by atoms with Crippen LogP contribution in [-0.2, 0) is 4.79 Å². The Labute approximate surface area is 154 Å². The van der Waals surface area contributed by atoms with E-state index in [0.29, 0.717) is 18.4 Å². The van der Waals surface area contributed by atoms with E-state index in [1.807, 2.05) is 38.1 Å². The SMILES string of the molecule is CC(C)Oc1ccc2ccnc(OCC3NC(=O)C4CCCCC34)c2c1. The maximum atomic E-state index is 12.2. The van der Waals surface area contributed by atoms with Crippen LogP contribution >= 0.6 is 0 Å². The molecule has 5 nitrogen and oxygen atoms in total. The molecule has 0 bridgehead atoms. The van der Waals surface area contributed by atoms with E-state index in [1.54, 1.807) is 6.20 Å². The normalized spacial score (nSPS) is 25.2. The van der Waals surface area contributed by atoms with Crippen molar-refractivity contribution in [1.29, 1.82) is 0 Å². The number of benzene rings is 1. The van der Waals surface area contributed by atoms with Crippen molar-refractivity contribution in [3.05, 3.63) is 30.5 Å². The second kappa shape index (κ2) is 7.14. The minimum Gasteiger partial charge on any atom is -0.491 e. The number of carbonyl (C=O) groups excluding carboxylic acids is 1. The first-order valence-electron chi connectivity index (χ1n) is 9.60. The van der Waals surface area contributed by atoms with E-state index in [-0.39, 0.29) is 24.0 Å². The fourth-order valence-corrected chi connectivity index (χ4v) is 4.28. The Morgan fingerprint density at radius 1 is 1.23 bits per heavy atom. The number of rotatable bonds is 5. The van der Waals surface area contributed by atoms with Gasteiger partial charge in [-0.3, -0.25) is 4.79 Å². The van der Waals surface area contributed by atoms with Crippen LogP contribution < -0.4 is 14.8 Å². The third-order valence-electron chi connectivity index (χ3n) is 5.47. The predicted octanol–water partition coefficient (Wildman–Crippen LogP) is 3.71. The van der Waals surface area contributed by atoms with Crippen LogP contribution in [0.3, 0.4) is 0 Å². The highest BCUT2D eigenvalue weighted by Gasteiger charge is 2.43. The number of hydrogen-bond donors (Lipinski definition) is 1. The zero-order valence-corrected chi connectivity index (χ0v) is 15.4. The van der Waals surface area contributed by atoms with Gasteiger partial charge < -0.3 is 14.8 Å². The molecule has 2 aliphatic rings. The fourth-order valence-electron chi connectivity index (χ4n) is 4.28. The summed E-state index contributed by atoms with van der Waals surface area (Å²) in [5, 5.41) is 5.14. The number of aromatic nitrogens is 1. The monoisotopic (exact) mass is 354 g/mol. The predicted molar refractivity (Wildman–Crippen MR) is 100 cm³/mol. The average molecular weight is 354 g/mol. The van der Waals surface area contributed by atoms with Crippen molar-refractivity contribution < 1.29 is 14.3 Å². The van der Waals surface area contributed by atoms with E-state index in [2.05, 4.69) is 10.3 Å². The molecule has 2 aromatic rings. The van der Waals surface area contributed by atoms with Gasteiger partial charge in [-0.2, -0.15) is 0 Å². The van der Waals surface area contributed by atoms with Crippen molar-refractivity contribution >= 4 is 16.7 Å². The number of carbonyl (C=O) groups is 1. The van der Waals surface area contributed by atoms with Gasteiger partial charge in [0.2, 0.25) is 11.8 Å². The molecule has 2 fully saturated rings. The molecule has 2 heterocycles. The summed E-state index contributed by atoms with van der Waals surface area (Å²) in [6, 6.07) is 8.02. The van der Waals surface area contributed by atoms with E-state index in [0.717, 1.165) is 35.8 Å². The lowest BCUT2D eigenvalue weighted by molar-refractivity contribution is -0.123. The van der Waals surface area contributed by atoms with Crippen LogP contribution in [0.4, 0.5) is 0 Å². The van der Waals surface area contributed by atoms with E-state index in [9.17, 15) is 4.79 Å². The van der Waals surface area contributed by atoms with E-state index in [1.165, 1.54) is 6.42 Å². The van der Waals surface area contributed by atoms with Crippen molar-refractivity contribution in [2.75, 3.05) is 6.61 Å². The number of ether oxygens (including phenoxy) is 2. The molecule has 5 heteroatoms. The van der Waals surface area contributed by atoms with Crippen molar-refractivity contribution in [2.45, 2.75) is 51.7 Å². The third-order valence-corrected chi connectivity index (χ3v) is 5.47. The molecule has 1 saturated carbocycles. The first-order chi connectivity index (χ1) is 12.6. The first kappa shape index (κ1) is 17.1. The minimum absolute atomic E-state index is 0.0833. The molecule has 1 saturated heterocycles. The van der Waals surface area contributed by atoms with E-state index >= 15 is 0 Å². The van der Waals surface area contributed by atoms with E-state index in [4.69, 9.17) is 9.47 Å². The summed E-state index contributed by atoms with van der Waals surface area (Å²) in [6.07, 6.45) is 6.35. The number of hydrogen-bond acceptors (Lipinski definition) is 4. The first-order valence-corrected chi connectivity index (χ1v) is 9.60. The standard InChI is InChI=1S/C21H26N2O3/c1-13(2)26-15-8-7-14-9-10-22-21(18(14)11-15)25-12-19-16-5-3-4-6-17(16)20(24)23-19/h7-11,13,16-17,19H,3-6,12H2,1-2H3,(H,23,24). The Kier molecular flexibility index (Phi) is 4.70. The summed E-state index contributed by atoms with van der Waals surface area (Å²) in [5.41, 5.74) is 0. The lowest BCUT2D eigenvalue weighted by Gasteiger charge is -2.26. The molecule has 3 unspecified atom stereocenters. The number of pyridine rings is 1. The van der Waals surface area contributed by atoms with Crippen LogP contribution in [0, 0.1) is 11.8 Å². The molecule has 0 radical (unpaired) electrons. The van der Waals surface area contributed by atoms with Crippen molar-refractivity contribution in [1.82, 2.24) is 10.3 Å². The number of nitrogens with zero attached hydrogens (tertiary/aromatic N) is 1. The Hall–Kier alpha value is -2.30. The third kappa shape index (κ3) is 3.35. The van der Waals surface area contributed by atoms with Gasteiger partial charge in [0.1, 0.15) is 12.4 Å². The van der Waals surface area contributed by atoms with Crippen molar-refractivity contribution in [2.24, 2.45) is 11.8 Å². The summed E-state index contributed by atoms with van der Waals surface area (Å²) in [6.45, 7) is 4.48. The van der Waals surface area contributed by atoms with Crippen LogP contribution in [0.5, 0.6) is 11.6 Å². The molecule has 0 spiro atoms. The van der Waals surface area contributed by atoms with Gasteiger partial charge >= 0.3 is 0 Å². The second-order valence-electron chi connectivity index (χ2n) is 7.65. The van der Waals surface area contributed by atoms with Crippen molar-refractivity contribution in [3.8, 4) is 11.6 Å². The summed E-state index contributed by atoms with van der Waals surface area (Å²) in [7, 11) is 0. The summed E-state index contributed by atoms with van der Waals surface area (Å²) in [4.78, 5) is 16.6. The number of amides is 1. The van der Waals surface area contributed by atoms with Gasteiger partial charge in [0.15, 0.2) is 0 Å². The second-order valence-corrected chi connectivity index (χ2v) is 7.65. The molecule has 138 valence electrons. The summed E-state index contributed by atoms with van der Waals surface area (Å²) in [5.74, 6) is 2.17. The van der Waals surface area contributed by atoms with Crippen LogP contribution in [0.15, 0.2) is 30.5 Å². The molecule has 26 heavy (non-hydrogen) atoms. The van der Waals surface area contributed by atoms with Gasteiger partial charge in [0, 0.05) is 17.5 Å². The minimum atomic E-state index is 0.0833. The largest absolute Gasteiger partial charge is 0.491 e. The molecule has 1 aliphatic heterocycles. The van der Waals surface area contributed by atoms with Gasteiger partial charge in [0.05, 0.1) is 12.1 Å². The molecule has 1 aromatic carbocycles. The topological polar surface area (TPSA) is 60.5 Å². The van der Waals surface area contributed by atoms with Gasteiger partial charge in [-0.1, -0.05) is 18.9 Å². The maximum absolute atomic E-state index is 12.2. The molecule has 1 amide bonds. The number of nitrogens with one attached hydrogen (secondary N) is 1. The smallest absolute Gasteiger partial charge is 0.223 e. The van der Waals surface area contributed by atoms with Gasteiger partial charge in [-0.15, -0.1) is 0 Å². The molecule has 4 rings (SSSR count). The Bertz CT molecular complexity index is 805. The Morgan fingerprint density at radius 3 is 2.92 bits per heavy atom. The molecule has 3 atom stereocenters. The van der Waals surface area contributed by atoms with Crippen LogP contribution in [-0.4, -0.2) is 29.6 Å². The van der Waals surface area contributed by atoms with Gasteiger partial charge in [-0.05, 0) is 56.2 Å². The van der Waals surface area contributed by atoms with Gasteiger partial charge in [0.25, 0.3) is 0 Å². The maximum Gasteiger partial charge on any atom is 0.223 e. The highest BCUT2D eigenvalue weighted by Crippen LogP contribution is 2.37. The zero-order chi connectivity index (χ0) is 18.1. The highest BCUT2D eigenvalue weighted by molar-refractivity contribution is 5.88. The quantitative estimate of drug-likeness (QED) is 0.889. The summed E-state index contributed by atoms with van der Waals surface area (Å²) >= 11 is 0.